The number of alkyl halides is 3. The third-order valence-corrected chi connectivity index (χ3v) is 7.38. The number of halogens is 4. The van der Waals surface area contributed by atoms with E-state index in [1.54, 1.807) is 0 Å². The molecule has 214 valence electrons. The number of likely N-dealkylation sites (N-methyl/N-ethyl adjacent to an activating group) is 1. The predicted octanol–water partition coefficient (Wildman–Crippen LogP) is 4.91. The molecule has 2 aliphatic rings. The first kappa shape index (κ1) is 31.9. The maximum absolute atomic E-state index is 13.2. The van der Waals surface area contributed by atoms with E-state index in [1.165, 1.54) is 19.3 Å². The number of aliphatic carboxylic acids is 1. The fraction of sp³-hybridized carbons (Fsp3) is 0.667. The van der Waals surface area contributed by atoms with Crippen molar-refractivity contribution in [1.82, 2.24) is 15.1 Å². The molecular formula is C27H39ClF3N3O4. The fourth-order valence-corrected chi connectivity index (χ4v) is 5.20. The highest BCUT2D eigenvalue weighted by atomic mass is 35.5. The van der Waals surface area contributed by atoms with Crippen molar-refractivity contribution in [2.45, 2.75) is 89.5 Å². The van der Waals surface area contributed by atoms with Crippen molar-refractivity contribution in [2.75, 3.05) is 20.1 Å². The molecule has 0 aromatic heterocycles. The molecule has 1 atom stereocenters. The van der Waals surface area contributed by atoms with E-state index in [0.717, 1.165) is 44.3 Å². The van der Waals surface area contributed by atoms with Crippen LogP contribution in [0.3, 0.4) is 0 Å². The number of carbonyl (C=O) groups excluding carboxylic acids is 2. The van der Waals surface area contributed by atoms with Gasteiger partial charge in [-0.15, -0.1) is 0 Å². The number of nitrogens with zero attached hydrogens (tertiary/aromatic N) is 2. The highest BCUT2D eigenvalue weighted by molar-refractivity contribution is 6.30. The van der Waals surface area contributed by atoms with Crippen LogP contribution in [-0.2, 0) is 20.8 Å². The van der Waals surface area contributed by atoms with E-state index in [9.17, 15) is 22.8 Å². The van der Waals surface area contributed by atoms with Crippen LogP contribution in [0.4, 0.5) is 13.2 Å². The van der Waals surface area contributed by atoms with Crippen molar-refractivity contribution in [1.29, 1.82) is 0 Å². The third-order valence-electron chi connectivity index (χ3n) is 7.13. The number of piperidine rings is 1. The summed E-state index contributed by atoms with van der Waals surface area (Å²) in [4.78, 5) is 39.3. The molecule has 0 spiro atoms. The summed E-state index contributed by atoms with van der Waals surface area (Å²) < 4.78 is 31.7. The van der Waals surface area contributed by atoms with Gasteiger partial charge < -0.3 is 20.2 Å². The highest BCUT2D eigenvalue weighted by Crippen LogP contribution is 2.29. The zero-order valence-corrected chi connectivity index (χ0v) is 23.0. The minimum Gasteiger partial charge on any atom is -0.475 e. The number of rotatable bonds is 7. The maximum Gasteiger partial charge on any atom is 0.490 e. The number of hydrogen-bond donors (Lipinski definition) is 2. The quantitative estimate of drug-likeness (QED) is 0.494. The Morgan fingerprint density at radius 1 is 1.03 bits per heavy atom. The zero-order valence-electron chi connectivity index (χ0n) is 22.3. The summed E-state index contributed by atoms with van der Waals surface area (Å²) in [6.45, 7) is 5.45. The molecule has 1 unspecified atom stereocenters. The van der Waals surface area contributed by atoms with E-state index >= 15 is 0 Å². The van der Waals surface area contributed by atoms with E-state index in [2.05, 4.69) is 10.2 Å². The Bertz CT molecular complexity index is 913. The summed E-state index contributed by atoms with van der Waals surface area (Å²) in [6.07, 6.45) is 3.28. The molecule has 1 aromatic rings. The van der Waals surface area contributed by atoms with Gasteiger partial charge in [0.1, 0.15) is 0 Å². The first-order valence-corrected chi connectivity index (χ1v) is 13.6. The van der Waals surface area contributed by atoms with Crippen molar-refractivity contribution < 1.29 is 32.7 Å². The number of nitrogens with one attached hydrogen (secondary N) is 1. The molecule has 1 saturated carbocycles. The molecule has 38 heavy (non-hydrogen) atoms. The first-order chi connectivity index (χ1) is 17.8. The van der Waals surface area contributed by atoms with Crippen LogP contribution in [0.25, 0.3) is 0 Å². The molecule has 1 heterocycles. The topological polar surface area (TPSA) is 90.0 Å². The molecular weight excluding hydrogens is 523 g/mol. The number of carboxylic acid groups (broad SMARTS) is 1. The van der Waals surface area contributed by atoms with Crippen LogP contribution in [0.2, 0.25) is 5.02 Å². The van der Waals surface area contributed by atoms with Gasteiger partial charge in [-0.1, -0.05) is 56.8 Å². The van der Waals surface area contributed by atoms with Crippen LogP contribution in [0.5, 0.6) is 0 Å². The maximum atomic E-state index is 13.2. The average Bonchev–Trinajstić information content (AvgIpc) is 2.89. The molecule has 0 bridgehead atoms. The molecule has 11 heteroatoms. The molecule has 2 amide bonds. The SMILES string of the molecule is CNC(Cc1ccc(Cl)cc1)C(=O)N1CCC(N(C(=O)C(C)C)C2CCCCC2)CC1.O=C(O)C(F)(F)F. The van der Waals surface area contributed by atoms with Gasteiger partial charge in [-0.05, 0) is 56.8 Å². The largest absolute Gasteiger partial charge is 0.490 e. The van der Waals surface area contributed by atoms with Crippen LogP contribution >= 0.6 is 11.6 Å². The number of carbonyl (C=O) groups is 3. The van der Waals surface area contributed by atoms with Gasteiger partial charge in [-0.2, -0.15) is 13.2 Å². The number of hydrogen-bond acceptors (Lipinski definition) is 4. The Hall–Kier alpha value is -2.33. The third kappa shape index (κ3) is 9.45. The lowest BCUT2D eigenvalue weighted by atomic mass is 9.90. The van der Waals surface area contributed by atoms with Gasteiger partial charge >= 0.3 is 12.1 Å². The number of carboxylic acids is 1. The molecule has 2 N–H and O–H groups in total. The number of amides is 2. The van der Waals surface area contributed by atoms with Crippen molar-refractivity contribution in [3.63, 3.8) is 0 Å². The highest BCUT2D eigenvalue weighted by Gasteiger charge is 2.38. The molecule has 2 fully saturated rings. The predicted molar refractivity (Wildman–Crippen MR) is 140 cm³/mol. The normalized spacial score (nSPS) is 17.9. The van der Waals surface area contributed by atoms with E-state index < -0.39 is 12.1 Å². The molecule has 0 radical (unpaired) electrons. The van der Waals surface area contributed by atoms with E-state index in [-0.39, 0.29) is 29.8 Å². The number of benzene rings is 1. The van der Waals surface area contributed by atoms with Crippen LogP contribution in [0.1, 0.15) is 64.4 Å². The van der Waals surface area contributed by atoms with Gasteiger partial charge in [-0.3, -0.25) is 9.59 Å². The second-order valence-corrected chi connectivity index (χ2v) is 10.7. The van der Waals surface area contributed by atoms with Crippen molar-refractivity contribution >= 4 is 29.4 Å². The Morgan fingerprint density at radius 3 is 1.97 bits per heavy atom. The smallest absolute Gasteiger partial charge is 0.475 e. The van der Waals surface area contributed by atoms with Crippen LogP contribution in [0, 0.1) is 5.92 Å². The minimum atomic E-state index is -5.08. The van der Waals surface area contributed by atoms with Gasteiger partial charge in [0.2, 0.25) is 11.8 Å². The molecule has 7 nitrogen and oxygen atoms in total. The fourth-order valence-electron chi connectivity index (χ4n) is 5.07. The van der Waals surface area contributed by atoms with Gasteiger partial charge in [-0.25, -0.2) is 4.79 Å². The van der Waals surface area contributed by atoms with Crippen LogP contribution < -0.4 is 5.32 Å². The lowest BCUT2D eigenvalue weighted by molar-refractivity contribution is -0.192. The van der Waals surface area contributed by atoms with Gasteiger partial charge in [0.15, 0.2) is 0 Å². The van der Waals surface area contributed by atoms with Crippen LogP contribution in [-0.4, -0.2) is 77.1 Å². The summed E-state index contributed by atoms with van der Waals surface area (Å²) in [7, 11) is 1.84. The van der Waals surface area contributed by atoms with Crippen molar-refractivity contribution in [2.24, 2.45) is 5.92 Å². The van der Waals surface area contributed by atoms with Crippen molar-refractivity contribution in [3.8, 4) is 0 Å². The Balaban J connectivity index is 0.000000638. The summed E-state index contributed by atoms with van der Waals surface area (Å²) in [5, 5.41) is 11.0. The summed E-state index contributed by atoms with van der Waals surface area (Å²) in [5.74, 6) is -2.30. The Labute approximate surface area is 227 Å². The monoisotopic (exact) mass is 561 g/mol. The summed E-state index contributed by atoms with van der Waals surface area (Å²) in [6, 6.07) is 8.08. The Kier molecular flexibility index (Phi) is 12.4. The minimum absolute atomic E-state index is 0.0228. The second kappa shape index (κ2) is 14.7. The van der Waals surface area contributed by atoms with Gasteiger partial charge in [0.05, 0.1) is 6.04 Å². The lowest BCUT2D eigenvalue weighted by Gasteiger charge is -2.45. The number of likely N-dealkylation sites (tertiary alicyclic amines) is 1. The van der Waals surface area contributed by atoms with E-state index in [1.807, 2.05) is 50.1 Å². The van der Waals surface area contributed by atoms with E-state index in [0.29, 0.717) is 17.5 Å². The standard InChI is InChI=1S/C25H38ClN3O2.C2HF3O2/c1-18(2)24(30)29(21-7-5-4-6-8-21)22-13-15-28(16-14-22)25(31)23(27-3)17-19-9-11-20(26)12-10-19;3-2(4,5)1(6)7/h9-12,18,21-23,27H,4-8,13-17H2,1-3H3;(H,6,7). The average molecular weight is 562 g/mol. The van der Waals surface area contributed by atoms with Crippen LogP contribution in [0.15, 0.2) is 24.3 Å². The molecule has 1 aliphatic carbocycles. The molecule has 1 aliphatic heterocycles. The van der Waals surface area contributed by atoms with Gasteiger partial charge in [0.25, 0.3) is 0 Å². The lowest BCUT2D eigenvalue weighted by Crippen LogP contribution is -2.56. The summed E-state index contributed by atoms with van der Waals surface area (Å²) >= 11 is 5.98. The Morgan fingerprint density at radius 2 is 1.53 bits per heavy atom. The van der Waals surface area contributed by atoms with E-state index in [4.69, 9.17) is 21.5 Å². The zero-order chi connectivity index (χ0) is 28.5. The summed E-state index contributed by atoms with van der Waals surface area (Å²) in [5.41, 5.74) is 1.10. The van der Waals surface area contributed by atoms with Gasteiger partial charge in [0, 0.05) is 36.1 Å². The van der Waals surface area contributed by atoms with Crippen molar-refractivity contribution in [3.05, 3.63) is 34.9 Å². The second-order valence-electron chi connectivity index (χ2n) is 10.2. The molecule has 1 saturated heterocycles. The molecule has 1 aromatic carbocycles. The first-order valence-electron chi connectivity index (χ1n) is 13.2. The molecule has 3 rings (SSSR count).